The van der Waals surface area contributed by atoms with Crippen molar-refractivity contribution in [3.8, 4) is 0 Å². The Balaban J connectivity index is 2.67. The largest absolute Gasteiger partial charge is 0.379 e. The van der Waals surface area contributed by atoms with E-state index in [4.69, 9.17) is 17.3 Å². The number of nitrogens with one attached hydrogen (secondary N) is 1. The second-order valence-corrected chi connectivity index (χ2v) is 3.78. The maximum Gasteiger partial charge on any atom is 0.293 e. The maximum atomic E-state index is 10.7. The number of nitro groups is 1. The Kier molecular flexibility index (Phi) is 5.01. The van der Waals surface area contributed by atoms with Crippen LogP contribution in [-0.2, 0) is 0 Å². The zero-order chi connectivity index (χ0) is 12.0. The van der Waals surface area contributed by atoms with Crippen molar-refractivity contribution in [2.24, 2.45) is 5.73 Å². The molecule has 0 atom stereocenters. The van der Waals surface area contributed by atoms with E-state index in [-0.39, 0.29) is 5.69 Å². The lowest BCUT2D eigenvalue weighted by Crippen LogP contribution is -2.07. The van der Waals surface area contributed by atoms with Crippen LogP contribution in [0.3, 0.4) is 0 Å². The average Bonchev–Trinajstić information content (AvgIpc) is 2.26. The van der Waals surface area contributed by atoms with E-state index in [0.29, 0.717) is 23.8 Å². The zero-order valence-electron chi connectivity index (χ0n) is 8.78. The quantitative estimate of drug-likeness (QED) is 0.457. The molecule has 0 unspecified atom stereocenters. The predicted molar refractivity (Wildman–Crippen MR) is 64.9 cm³/mol. The van der Waals surface area contributed by atoms with Crippen LogP contribution in [0.15, 0.2) is 18.2 Å². The second kappa shape index (κ2) is 6.30. The highest BCUT2D eigenvalue weighted by Gasteiger charge is 2.13. The minimum absolute atomic E-state index is 0.000230. The number of nitro benzene ring substituents is 1. The third kappa shape index (κ3) is 3.67. The summed E-state index contributed by atoms with van der Waals surface area (Å²) in [6.07, 6.45) is 1.78. The van der Waals surface area contributed by atoms with Crippen molar-refractivity contribution in [1.29, 1.82) is 0 Å². The SMILES string of the molecule is NCCCCNc1ccc(Cl)cc1[N+](=O)[O-]. The predicted octanol–water partition coefficient (Wildman–Crippen LogP) is 2.40. The summed E-state index contributed by atoms with van der Waals surface area (Å²) in [6, 6.07) is 4.58. The fourth-order valence-corrected chi connectivity index (χ4v) is 1.46. The van der Waals surface area contributed by atoms with Crippen molar-refractivity contribution in [3.05, 3.63) is 33.3 Å². The molecule has 3 N–H and O–H groups in total. The van der Waals surface area contributed by atoms with Crippen molar-refractivity contribution < 1.29 is 4.92 Å². The molecule has 0 saturated heterocycles. The van der Waals surface area contributed by atoms with Gasteiger partial charge in [-0.3, -0.25) is 10.1 Å². The first kappa shape index (κ1) is 12.7. The molecule has 0 heterocycles. The highest BCUT2D eigenvalue weighted by Crippen LogP contribution is 2.27. The van der Waals surface area contributed by atoms with Gasteiger partial charge in [0.25, 0.3) is 5.69 Å². The van der Waals surface area contributed by atoms with Crippen LogP contribution >= 0.6 is 11.6 Å². The van der Waals surface area contributed by atoms with Gasteiger partial charge in [0, 0.05) is 17.6 Å². The number of benzene rings is 1. The molecule has 1 aromatic carbocycles. The van der Waals surface area contributed by atoms with Crippen molar-refractivity contribution in [1.82, 2.24) is 0 Å². The fraction of sp³-hybridized carbons (Fsp3) is 0.400. The molecular weight excluding hydrogens is 230 g/mol. The molecule has 0 radical (unpaired) electrons. The standard InChI is InChI=1S/C10H14ClN3O2/c11-8-3-4-9(10(7-8)14(15)16)13-6-2-1-5-12/h3-4,7,13H,1-2,5-6,12H2. The molecular formula is C10H14ClN3O2. The molecule has 0 spiro atoms. The van der Waals surface area contributed by atoms with E-state index >= 15 is 0 Å². The van der Waals surface area contributed by atoms with Gasteiger partial charge in [0.1, 0.15) is 5.69 Å². The third-order valence-electron chi connectivity index (χ3n) is 2.10. The lowest BCUT2D eigenvalue weighted by molar-refractivity contribution is -0.383. The third-order valence-corrected chi connectivity index (χ3v) is 2.34. The Morgan fingerprint density at radius 3 is 2.81 bits per heavy atom. The molecule has 0 saturated carbocycles. The summed E-state index contributed by atoms with van der Waals surface area (Å²) in [5.41, 5.74) is 5.84. The van der Waals surface area contributed by atoms with Gasteiger partial charge in [-0.05, 0) is 31.5 Å². The van der Waals surface area contributed by atoms with Crippen LogP contribution in [0.5, 0.6) is 0 Å². The number of nitrogens with two attached hydrogens (primary N) is 1. The van der Waals surface area contributed by atoms with Gasteiger partial charge in [0.2, 0.25) is 0 Å². The van der Waals surface area contributed by atoms with Crippen LogP contribution in [-0.4, -0.2) is 18.0 Å². The molecule has 0 aliphatic rings. The Morgan fingerprint density at radius 1 is 1.44 bits per heavy atom. The molecule has 0 fully saturated rings. The van der Waals surface area contributed by atoms with Gasteiger partial charge >= 0.3 is 0 Å². The number of hydrogen-bond acceptors (Lipinski definition) is 4. The second-order valence-electron chi connectivity index (χ2n) is 3.34. The smallest absolute Gasteiger partial charge is 0.293 e. The van der Waals surface area contributed by atoms with Crippen molar-refractivity contribution >= 4 is 23.0 Å². The van der Waals surface area contributed by atoms with Crippen LogP contribution in [0.1, 0.15) is 12.8 Å². The molecule has 0 bridgehead atoms. The molecule has 6 heteroatoms. The van der Waals surface area contributed by atoms with Crippen LogP contribution in [0.25, 0.3) is 0 Å². The minimum atomic E-state index is -0.447. The molecule has 0 aliphatic heterocycles. The van der Waals surface area contributed by atoms with E-state index in [2.05, 4.69) is 5.32 Å². The lowest BCUT2D eigenvalue weighted by atomic mass is 10.2. The Bertz CT molecular complexity index is 371. The molecule has 88 valence electrons. The molecule has 1 aromatic rings. The van der Waals surface area contributed by atoms with Gasteiger partial charge in [-0.15, -0.1) is 0 Å². The van der Waals surface area contributed by atoms with E-state index < -0.39 is 4.92 Å². The van der Waals surface area contributed by atoms with Crippen molar-refractivity contribution in [3.63, 3.8) is 0 Å². The highest BCUT2D eigenvalue weighted by molar-refractivity contribution is 6.30. The Morgan fingerprint density at radius 2 is 2.19 bits per heavy atom. The first-order valence-corrected chi connectivity index (χ1v) is 5.41. The van der Waals surface area contributed by atoms with Gasteiger partial charge in [-0.2, -0.15) is 0 Å². The summed E-state index contributed by atoms with van der Waals surface area (Å²) in [5.74, 6) is 0. The zero-order valence-corrected chi connectivity index (χ0v) is 9.54. The van der Waals surface area contributed by atoms with E-state index in [1.165, 1.54) is 6.07 Å². The molecule has 5 nitrogen and oxygen atoms in total. The first-order chi connectivity index (χ1) is 7.65. The number of halogens is 1. The first-order valence-electron chi connectivity index (χ1n) is 5.03. The van der Waals surface area contributed by atoms with Crippen LogP contribution in [0, 0.1) is 10.1 Å². The number of anilines is 1. The van der Waals surface area contributed by atoms with Crippen LogP contribution < -0.4 is 11.1 Å². The number of hydrogen-bond donors (Lipinski definition) is 2. The van der Waals surface area contributed by atoms with Gasteiger partial charge in [0.15, 0.2) is 0 Å². The Hall–Kier alpha value is -1.33. The highest BCUT2D eigenvalue weighted by atomic mass is 35.5. The monoisotopic (exact) mass is 243 g/mol. The average molecular weight is 244 g/mol. The van der Waals surface area contributed by atoms with Crippen molar-refractivity contribution in [2.45, 2.75) is 12.8 Å². The molecule has 0 aromatic heterocycles. The summed E-state index contributed by atoms with van der Waals surface area (Å²) in [5, 5.41) is 14.1. The summed E-state index contributed by atoms with van der Waals surface area (Å²) in [4.78, 5) is 10.3. The minimum Gasteiger partial charge on any atom is -0.379 e. The summed E-state index contributed by atoms with van der Waals surface area (Å²) < 4.78 is 0. The molecule has 16 heavy (non-hydrogen) atoms. The van der Waals surface area contributed by atoms with E-state index in [1.54, 1.807) is 12.1 Å². The van der Waals surface area contributed by atoms with Gasteiger partial charge in [-0.25, -0.2) is 0 Å². The molecule has 1 rings (SSSR count). The summed E-state index contributed by atoms with van der Waals surface area (Å²) in [7, 11) is 0. The fourth-order valence-electron chi connectivity index (χ4n) is 1.30. The topological polar surface area (TPSA) is 81.2 Å². The summed E-state index contributed by atoms with van der Waals surface area (Å²) >= 11 is 5.70. The maximum absolute atomic E-state index is 10.7. The van der Waals surface area contributed by atoms with Gasteiger partial charge in [-0.1, -0.05) is 11.6 Å². The van der Waals surface area contributed by atoms with E-state index in [9.17, 15) is 10.1 Å². The van der Waals surface area contributed by atoms with Gasteiger partial charge < -0.3 is 11.1 Å². The van der Waals surface area contributed by atoms with E-state index in [1.807, 2.05) is 0 Å². The number of rotatable bonds is 6. The van der Waals surface area contributed by atoms with Crippen LogP contribution in [0.4, 0.5) is 11.4 Å². The summed E-state index contributed by atoms with van der Waals surface area (Å²) in [6.45, 7) is 1.30. The van der Waals surface area contributed by atoms with Gasteiger partial charge in [0.05, 0.1) is 4.92 Å². The molecule has 0 amide bonds. The van der Waals surface area contributed by atoms with E-state index in [0.717, 1.165) is 12.8 Å². The van der Waals surface area contributed by atoms with Crippen molar-refractivity contribution in [2.75, 3.05) is 18.4 Å². The Labute approximate surface area is 98.7 Å². The molecule has 0 aliphatic carbocycles. The normalized spacial score (nSPS) is 10.1. The number of unbranched alkanes of at least 4 members (excludes halogenated alkanes) is 1. The van der Waals surface area contributed by atoms with Crippen LogP contribution in [0.2, 0.25) is 5.02 Å². The lowest BCUT2D eigenvalue weighted by Gasteiger charge is -2.06. The number of nitrogens with zero attached hydrogens (tertiary/aromatic N) is 1.